The molecule has 0 saturated heterocycles. The van der Waals surface area contributed by atoms with Crippen molar-refractivity contribution in [1.29, 1.82) is 0 Å². The smallest absolute Gasteiger partial charge is 0.349 e. The molecule has 0 atom stereocenters. The first-order valence-corrected chi connectivity index (χ1v) is 7.59. The average molecular weight is 349 g/mol. The summed E-state index contributed by atoms with van der Waals surface area (Å²) in [5.74, 6) is -1.14. The minimum absolute atomic E-state index is 0.216. The minimum atomic E-state index is -4.72. The first-order valence-electron chi connectivity index (χ1n) is 7.59. The van der Waals surface area contributed by atoms with Gasteiger partial charge in [-0.1, -0.05) is 0 Å². The fourth-order valence-electron chi connectivity index (χ4n) is 2.21. The van der Waals surface area contributed by atoms with Gasteiger partial charge in [0.1, 0.15) is 0 Å². The zero-order valence-corrected chi connectivity index (χ0v) is 12.9. The van der Waals surface area contributed by atoms with Gasteiger partial charge in [0, 0.05) is 23.5 Å². The van der Waals surface area contributed by atoms with Crippen molar-refractivity contribution in [3.05, 3.63) is 59.4 Å². The lowest BCUT2D eigenvalue weighted by molar-refractivity contribution is -0.141. The van der Waals surface area contributed by atoms with Gasteiger partial charge in [-0.05, 0) is 49.2 Å². The van der Waals surface area contributed by atoms with Crippen LogP contribution in [0, 0.1) is 0 Å². The van der Waals surface area contributed by atoms with Gasteiger partial charge in [0.25, 0.3) is 11.8 Å². The number of anilines is 1. The summed E-state index contributed by atoms with van der Waals surface area (Å²) in [4.78, 5) is 27.2. The highest BCUT2D eigenvalue weighted by Crippen LogP contribution is 2.30. The van der Waals surface area contributed by atoms with E-state index in [1.807, 2.05) is 0 Å². The van der Waals surface area contributed by atoms with E-state index >= 15 is 0 Å². The molecular weight excluding hydrogens is 335 g/mol. The summed E-state index contributed by atoms with van der Waals surface area (Å²) in [6, 6.07) is 8.46. The van der Waals surface area contributed by atoms with Gasteiger partial charge in [0.05, 0.1) is 5.56 Å². The lowest BCUT2D eigenvalue weighted by Crippen LogP contribution is -2.25. The highest BCUT2D eigenvalue weighted by molar-refractivity contribution is 6.05. The number of carbonyl (C=O) groups excluding carboxylic acids is 2. The molecule has 1 aliphatic carbocycles. The van der Waals surface area contributed by atoms with E-state index in [1.165, 1.54) is 30.3 Å². The van der Waals surface area contributed by atoms with Crippen LogP contribution in [0.15, 0.2) is 42.6 Å². The van der Waals surface area contributed by atoms with E-state index in [2.05, 4.69) is 15.6 Å². The van der Waals surface area contributed by atoms with Crippen molar-refractivity contribution in [2.75, 3.05) is 5.32 Å². The fraction of sp³-hybridized carbons (Fsp3) is 0.235. The number of hydrogen-bond donors (Lipinski definition) is 2. The SMILES string of the molecule is O=C(NC1CC1)c1ccc(NC(=O)c2cccnc2C(F)(F)F)cc1. The molecule has 2 N–H and O–H groups in total. The van der Waals surface area contributed by atoms with Crippen LogP contribution in [-0.4, -0.2) is 22.8 Å². The van der Waals surface area contributed by atoms with Gasteiger partial charge in [-0.25, -0.2) is 0 Å². The summed E-state index contributed by atoms with van der Waals surface area (Å²) in [6.07, 6.45) is -1.81. The van der Waals surface area contributed by atoms with E-state index in [1.54, 1.807) is 0 Å². The predicted octanol–water partition coefficient (Wildman–Crippen LogP) is 3.24. The second-order valence-electron chi connectivity index (χ2n) is 5.68. The van der Waals surface area contributed by atoms with Crippen LogP contribution in [0.4, 0.5) is 18.9 Å². The zero-order chi connectivity index (χ0) is 18.0. The van der Waals surface area contributed by atoms with Crippen molar-refractivity contribution in [1.82, 2.24) is 10.3 Å². The van der Waals surface area contributed by atoms with E-state index in [0.29, 0.717) is 5.56 Å². The molecule has 0 bridgehead atoms. The molecule has 2 amide bonds. The molecule has 130 valence electrons. The molecular formula is C17H14F3N3O2. The summed E-state index contributed by atoms with van der Waals surface area (Å²) >= 11 is 0. The molecule has 0 aliphatic heterocycles. The standard InChI is InChI=1S/C17H14F3N3O2/c18-17(19,20)14-13(2-1-9-21-14)16(25)23-11-5-3-10(4-6-11)15(24)22-12-7-8-12/h1-6,9,12H,7-8H2,(H,22,24)(H,23,25). The van der Waals surface area contributed by atoms with E-state index in [-0.39, 0.29) is 17.6 Å². The third kappa shape index (κ3) is 4.14. The Morgan fingerprint density at radius 2 is 1.72 bits per heavy atom. The molecule has 5 nitrogen and oxygen atoms in total. The molecule has 25 heavy (non-hydrogen) atoms. The van der Waals surface area contributed by atoms with Gasteiger partial charge in [-0.2, -0.15) is 13.2 Å². The molecule has 1 aromatic carbocycles. The van der Waals surface area contributed by atoms with Crippen LogP contribution in [0.1, 0.15) is 39.3 Å². The van der Waals surface area contributed by atoms with Crippen LogP contribution in [0.5, 0.6) is 0 Å². The third-order valence-electron chi connectivity index (χ3n) is 3.64. The first kappa shape index (κ1) is 16.9. The number of aromatic nitrogens is 1. The summed E-state index contributed by atoms with van der Waals surface area (Å²) < 4.78 is 38.7. The van der Waals surface area contributed by atoms with Crippen LogP contribution >= 0.6 is 0 Å². The maximum atomic E-state index is 12.9. The molecule has 1 aliphatic rings. The van der Waals surface area contributed by atoms with Gasteiger partial charge in [0.15, 0.2) is 5.69 Å². The van der Waals surface area contributed by atoms with E-state index in [0.717, 1.165) is 25.1 Å². The van der Waals surface area contributed by atoms with Crippen molar-refractivity contribution >= 4 is 17.5 Å². The first-order chi connectivity index (χ1) is 11.8. The third-order valence-corrected chi connectivity index (χ3v) is 3.64. The van der Waals surface area contributed by atoms with Gasteiger partial charge < -0.3 is 10.6 Å². The summed E-state index contributed by atoms with van der Waals surface area (Å²) in [7, 11) is 0. The number of halogens is 3. The Labute approximate surface area is 141 Å². The molecule has 0 spiro atoms. The maximum absolute atomic E-state index is 12.9. The lowest BCUT2D eigenvalue weighted by atomic mass is 10.1. The van der Waals surface area contributed by atoms with E-state index in [9.17, 15) is 22.8 Å². The normalized spacial score (nSPS) is 14.0. The maximum Gasteiger partial charge on any atom is 0.434 e. The van der Waals surface area contributed by atoms with Gasteiger partial charge >= 0.3 is 6.18 Å². The number of amides is 2. The topological polar surface area (TPSA) is 71.1 Å². The summed E-state index contributed by atoms with van der Waals surface area (Å²) in [6.45, 7) is 0. The number of rotatable bonds is 4. The minimum Gasteiger partial charge on any atom is -0.349 e. The van der Waals surface area contributed by atoms with E-state index in [4.69, 9.17) is 0 Å². The van der Waals surface area contributed by atoms with Crippen molar-refractivity contribution < 1.29 is 22.8 Å². The molecule has 1 aromatic heterocycles. The van der Waals surface area contributed by atoms with Crippen LogP contribution < -0.4 is 10.6 Å². The van der Waals surface area contributed by atoms with Crippen molar-refractivity contribution in [3.8, 4) is 0 Å². The molecule has 0 radical (unpaired) electrons. The number of benzene rings is 1. The molecule has 1 saturated carbocycles. The molecule has 8 heteroatoms. The number of nitrogens with zero attached hydrogens (tertiary/aromatic N) is 1. The van der Waals surface area contributed by atoms with Crippen LogP contribution in [0.3, 0.4) is 0 Å². The monoisotopic (exact) mass is 349 g/mol. The quantitative estimate of drug-likeness (QED) is 0.890. The van der Waals surface area contributed by atoms with Crippen LogP contribution in [0.2, 0.25) is 0 Å². The van der Waals surface area contributed by atoms with Crippen LogP contribution in [0.25, 0.3) is 0 Å². The zero-order valence-electron chi connectivity index (χ0n) is 12.9. The van der Waals surface area contributed by atoms with E-state index < -0.39 is 23.3 Å². The highest BCUT2D eigenvalue weighted by atomic mass is 19.4. The highest BCUT2D eigenvalue weighted by Gasteiger charge is 2.36. The Hall–Kier alpha value is -2.90. The Balaban J connectivity index is 1.72. The van der Waals surface area contributed by atoms with Crippen molar-refractivity contribution in [3.63, 3.8) is 0 Å². The number of pyridine rings is 1. The summed E-state index contributed by atoms with van der Waals surface area (Å²) in [5, 5.41) is 5.20. The largest absolute Gasteiger partial charge is 0.434 e. The number of nitrogens with one attached hydrogen (secondary N) is 2. The molecule has 3 rings (SSSR count). The Morgan fingerprint density at radius 3 is 2.32 bits per heavy atom. The molecule has 1 fully saturated rings. The van der Waals surface area contributed by atoms with Gasteiger partial charge in [-0.3, -0.25) is 14.6 Å². The Kier molecular flexibility index (Phi) is 4.43. The average Bonchev–Trinajstić information content (AvgIpc) is 3.38. The number of carbonyl (C=O) groups is 2. The van der Waals surface area contributed by atoms with Crippen molar-refractivity contribution in [2.24, 2.45) is 0 Å². The molecule has 0 unspecified atom stereocenters. The van der Waals surface area contributed by atoms with Gasteiger partial charge in [0.2, 0.25) is 0 Å². The predicted molar refractivity (Wildman–Crippen MR) is 84.1 cm³/mol. The van der Waals surface area contributed by atoms with Crippen LogP contribution in [-0.2, 0) is 6.18 Å². The Bertz CT molecular complexity index is 800. The second-order valence-corrected chi connectivity index (χ2v) is 5.68. The number of alkyl halides is 3. The fourth-order valence-corrected chi connectivity index (χ4v) is 2.21. The Morgan fingerprint density at radius 1 is 1.04 bits per heavy atom. The van der Waals surface area contributed by atoms with Gasteiger partial charge in [-0.15, -0.1) is 0 Å². The lowest BCUT2D eigenvalue weighted by Gasteiger charge is -2.12. The summed E-state index contributed by atoms with van der Waals surface area (Å²) in [5.41, 5.74) is -1.11. The van der Waals surface area contributed by atoms with Crippen molar-refractivity contribution in [2.45, 2.75) is 25.1 Å². The second kappa shape index (κ2) is 6.54. The molecule has 1 heterocycles. The number of hydrogen-bond acceptors (Lipinski definition) is 3. The molecule has 2 aromatic rings.